The van der Waals surface area contributed by atoms with Gasteiger partial charge < -0.3 is 29.3 Å². The van der Waals surface area contributed by atoms with E-state index in [2.05, 4.69) is 25.8 Å². The molecule has 2 heterocycles. The van der Waals surface area contributed by atoms with Crippen molar-refractivity contribution in [2.24, 2.45) is 5.92 Å². The Morgan fingerprint density at radius 1 is 1.03 bits per heavy atom. The molecule has 3 aromatic rings. The first-order valence-corrected chi connectivity index (χ1v) is 11.0. The summed E-state index contributed by atoms with van der Waals surface area (Å²) in [5.74, 6) is -3.10. The van der Waals surface area contributed by atoms with Crippen molar-refractivity contribution >= 4 is 29.3 Å². The minimum absolute atomic E-state index is 0.101. The molecule has 1 aliphatic carbocycles. The van der Waals surface area contributed by atoms with Crippen LogP contribution < -0.4 is 20.1 Å². The maximum absolute atomic E-state index is 13.4. The summed E-state index contributed by atoms with van der Waals surface area (Å²) in [7, 11) is 2.77. The second-order valence-corrected chi connectivity index (χ2v) is 7.94. The fourth-order valence-electron chi connectivity index (χ4n) is 3.73. The summed E-state index contributed by atoms with van der Waals surface area (Å²) < 4.78 is 47.7. The van der Waals surface area contributed by atoms with Crippen molar-refractivity contribution in [2.75, 3.05) is 24.9 Å². The third-order valence-corrected chi connectivity index (χ3v) is 5.56. The molecular weight excluding hydrogens is 480 g/mol. The number of rotatable bonds is 8. The monoisotopic (exact) mass is 503 g/mol. The molecule has 2 N–H and O–H groups in total. The lowest BCUT2D eigenvalue weighted by Crippen LogP contribution is -2.28. The number of pyridine rings is 1. The molecule has 1 fully saturated rings. The Morgan fingerprint density at radius 2 is 1.81 bits per heavy atom. The van der Waals surface area contributed by atoms with Crippen molar-refractivity contribution in [3.63, 3.8) is 0 Å². The van der Waals surface area contributed by atoms with E-state index in [0.717, 1.165) is 12.1 Å². The highest BCUT2D eigenvalue weighted by atomic mass is 19.2. The number of halogens is 2. The summed E-state index contributed by atoms with van der Waals surface area (Å²) in [6.45, 7) is 0. The first-order valence-electron chi connectivity index (χ1n) is 11.0. The van der Waals surface area contributed by atoms with Crippen molar-refractivity contribution in [1.82, 2.24) is 15.2 Å². The van der Waals surface area contributed by atoms with Gasteiger partial charge in [-0.3, -0.25) is 9.59 Å². The number of aromatic nitrogens is 3. The van der Waals surface area contributed by atoms with E-state index in [1.165, 1.54) is 20.3 Å². The third kappa shape index (κ3) is 5.85. The number of methoxy groups -OCH3 is 2. The Hall–Kier alpha value is -4.29. The number of hydrogen-bond acceptors (Lipinski definition) is 10. The summed E-state index contributed by atoms with van der Waals surface area (Å²) in [6, 6.07) is 6.05. The number of benzene rings is 1. The summed E-state index contributed by atoms with van der Waals surface area (Å²) in [4.78, 5) is 28.5. The summed E-state index contributed by atoms with van der Waals surface area (Å²) >= 11 is 0. The van der Waals surface area contributed by atoms with E-state index in [0.29, 0.717) is 31.6 Å². The van der Waals surface area contributed by atoms with Gasteiger partial charge in [0.1, 0.15) is 11.8 Å². The Balaban J connectivity index is 1.36. The molecule has 13 heteroatoms. The number of nitrogens with one attached hydrogen (secondary N) is 2. The Bertz CT molecular complexity index is 1250. The lowest BCUT2D eigenvalue weighted by molar-refractivity contribution is -0.147. The van der Waals surface area contributed by atoms with Crippen LogP contribution in [0.1, 0.15) is 36.4 Å². The van der Waals surface area contributed by atoms with E-state index < -0.39 is 17.5 Å². The maximum Gasteiger partial charge on any atom is 0.320 e. The average Bonchev–Trinajstić information content (AvgIpc) is 3.35. The minimum Gasteiger partial charge on any atom is -0.479 e. The highest BCUT2D eigenvalue weighted by molar-refractivity contribution is 6.01. The standard InChI is InChI=1S/C23H23F2N5O6/c1-33-20-17(9-10-18(28-20)35-14-6-3-12(4-7-14)22(32)34-2)27-19(31)21-29-30-23(36-21)26-13-5-8-15(24)16(25)11-13/h5,8-12,14H,3-4,6-7H2,1-2H3,(H,26,30)(H,27,31)/t12-,14+. The Kier molecular flexibility index (Phi) is 7.56. The number of ether oxygens (including phenoxy) is 3. The second kappa shape index (κ2) is 11.0. The van der Waals surface area contributed by atoms with Crippen molar-refractivity contribution in [3.8, 4) is 11.8 Å². The highest BCUT2D eigenvalue weighted by Crippen LogP contribution is 2.30. The smallest absolute Gasteiger partial charge is 0.320 e. The molecular formula is C23H23F2N5O6. The van der Waals surface area contributed by atoms with Gasteiger partial charge in [-0.1, -0.05) is 5.10 Å². The molecule has 0 spiro atoms. The Morgan fingerprint density at radius 3 is 2.50 bits per heavy atom. The molecule has 1 amide bonds. The second-order valence-electron chi connectivity index (χ2n) is 7.94. The fourth-order valence-corrected chi connectivity index (χ4v) is 3.73. The topological polar surface area (TPSA) is 138 Å². The molecule has 0 radical (unpaired) electrons. The SMILES string of the molecule is COc1nc(O[C@H]2CC[C@@H](C(=O)OC)CC2)ccc1NC(=O)c1nnc(Nc2ccc(F)c(F)c2)o1. The number of amides is 1. The normalized spacial score (nSPS) is 17.2. The first kappa shape index (κ1) is 24.8. The lowest BCUT2D eigenvalue weighted by atomic mass is 9.87. The molecule has 1 aliphatic rings. The van der Waals surface area contributed by atoms with Gasteiger partial charge >= 0.3 is 23.8 Å². The van der Waals surface area contributed by atoms with E-state index in [4.69, 9.17) is 18.6 Å². The number of anilines is 3. The maximum atomic E-state index is 13.4. The summed E-state index contributed by atoms with van der Waals surface area (Å²) in [5, 5.41) is 12.5. The van der Waals surface area contributed by atoms with Crippen LogP contribution in [-0.4, -0.2) is 47.4 Å². The van der Waals surface area contributed by atoms with E-state index in [9.17, 15) is 18.4 Å². The van der Waals surface area contributed by atoms with Gasteiger partial charge in [-0.05, 0) is 43.9 Å². The van der Waals surface area contributed by atoms with Gasteiger partial charge in [0.2, 0.25) is 11.8 Å². The van der Waals surface area contributed by atoms with Crippen LogP contribution >= 0.6 is 0 Å². The van der Waals surface area contributed by atoms with E-state index in [1.54, 1.807) is 12.1 Å². The predicted molar refractivity (Wildman–Crippen MR) is 121 cm³/mol. The van der Waals surface area contributed by atoms with E-state index >= 15 is 0 Å². The van der Waals surface area contributed by atoms with Gasteiger partial charge in [0.25, 0.3) is 0 Å². The van der Waals surface area contributed by atoms with Gasteiger partial charge in [0.15, 0.2) is 11.6 Å². The number of carbonyl (C=O) groups excluding carboxylic acids is 2. The zero-order valence-electron chi connectivity index (χ0n) is 19.4. The molecule has 11 nitrogen and oxygen atoms in total. The van der Waals surface area contributed by atoms with Crippen LogP contribution in [0.15, 0.2) is 34.7 Å². The molecule has 0 aliphatic heterocycles. The van der Waals surface area contributed by atoms with Gasteiger partial charge in [-0.15, -0.1) is 5.10 Å². The number of carbonyl (C=O) groups is 2. The van der Waals surface area contributed by atoms with E-state index in [1.807, 2.05) is 0 Å². The van der Waals surface area contributed by atoms with Crippen LogP contribution in [0.3, 0.4) is 0 Å². The first-order chi connectivity index (χ1) is 17.4. The largest absolute Gasteiger partial charge is 0.479 e. The lowest BCUT2D eigenvalue weighted by Gasteiger charge is -2.27. The fraction of sp³-hybridized carbons (Fsp3) is 0.348. The Labute approximate surface area is 204 Å². The van der Waals surface area contributed by atoms with Crippen LogP contribution in [-0.2, 0) is 9.53 Å². The van der Waals surface area contributed by atoms with Crippen molar-refractivity contribution in [3.05, 3.63) is 47.9 Å². The van der Waals surface area contributed by atoms with Crippen molar-refractivity contribution < 1.29 is 37.0 Å². The highest BCUT2D eigenvalue weighted by Gasteiger charge is 2.28. The number of esters is 1. The molecule has 0 saturated heterocycles. The average molecular weight is 503 g/mol. The van der Waals surface area contributed by atoms with Crippen molar-refractivity contribution in [1.29, 1.82) is 0 Å². The van der Waals surface area contributed by atoms with Gasteiger partial charge in [0.05, 0.1) is 20.1 Å². The summed E-state index contributed by atoms with van der Waals surface area (Å²) in [5.41, 5.74) is 0.391. The number of hydrogen-bond donors (Lipinski definition) is 2. The molecule has 1 saturated carbocycles. The van der Waals surface area contributed by atoms with Gasteiger partial charge in [-0.2, -0.15) is 4.98 Å². The van der Waals surface area contributed by atoms with Gasteiger partial charge in [0, 0.05) is 17.8 Å². The third-order valence-electron chi connectivity index (χ3n) is 5.56. The molecule has 1 aromatic carbocycles. The molecule has 2 aromatic heterocycles. The zero-order chi connectivity index (χ0) is 25.7. The van der Waals surface area contributed by atoms with Crippen LogP contribution in [0.2, 0.25) is 0 Å². The predicted octanol–water partition coefficient (Wildman–Crippen LogP) is 3.86. The number of nitrogens with zero attached hydrogens (tertiary/aromatic N) is 3. The minimum atomic E-state index is -1.06. The van der Waals surface area contributed by atoms with E-state index in [-0.39, 0.29) is 47.2 Å². The summed E-state index contributed by atoms with van der Waals surface area (Å²) in [6.07, 6.45) is 2.59. The van der Waals surface area contributed by atoms with Crippen molar-refractivity contribution in [2.45, 2.75) is 31.8 Å². The molecule has 36 heavy (non-hydrogen) atoms. The van der Waals surface area contributed by atoms with Crippen LogP contribution in [0, 0.1) is 17.6 Å². The van der Waals surface area contributed by atoms with Crippen LogP contribution in [0.25, 0.3) is 0 Å². The molecule has 4 rings (SSSR count). The quantitative estimate of drug-likeness (QED) is 0.436. The molecule has 0 unspecified atom stereocenters. The molecule has 190 valence electrons. The van der Waals surface area contributed by atoms with Crippen LogP contribution in [0.5, 0.6) is 11.8 Å². The van der Waals surface area contributed by atoms with Gasteiger partial charge in [-0.25, -0.2) is 8.78 Å². The zero-order valence-corrected chi connectivity index (χ0v) is 19.4. The molecule has 0 bridgehead atoms. The van der Waals surface area contributed by atoms with Crippen LogP contribution in [0.4, 0.5) is 26.2 Å². The molecule has 0 atom stereocenters.